The highest BCUT2D eigenvalue weighted by Crippen LogP contribution is 2.25. The lowest BCUT2D eigenvalue weighted by atomic mass is 10.3. The lowest BCUT2D eigenvalue weighted by molar-refractivity contribution is -0.384. The normalized spacial score (nSPS) is 15.8. The van der Waals surface area contributed by atoms with Crippen molar-refractivity contribution < 1.29 is 13.3 Å². The Hall–Kier alpha value is -2.98. The van der Waals surface area contributed by atoms with E-state index in [0.717, 1.165) is 36.0 Å². The van der Waals surface area contributed by atoms with Gasteiger partial charge in [-0.15, -0.1) is 0 Å². The fourth-order valence-electron chi connectivity index (χ4n) is 3.23. The molecule has 0 radical (unpaired) electrons. The predicted octanol–water partition coefficient (Wildman–Crippen LogP) is 1.93. The Morgan fingerprint density at radius 1 is 1.00 bits per heavy atom. The monoisotopic (exact) mass is 401 g/mol. The van der Waals surface area contributed by atoms with Gasteiger partial charge in [-0.1, -0.05) is 0 Å². The molecule has 1 aliphatic heterocycles. The van der Waals surface area contributed by atoms with Crippen LogP contribution in [-0.2, 0) is 10.0 Å². The molecule has 3 aromatic rings. The van der Waals surface area contributed by atoms with Gasteiger partial charge in [0, 0.05) is 49.9 Å². The molecule has 1 fully saturated rings. The third-order valence-corrected chi connectivity index (χ3v) is 6.60. The van der Waals surface area contributed by atoms with Crippen molar-refractivity contribution in [1.29, 1.82) is 0 Å². The average molecular weight is 401 g/mol. The Balaban J connectivity index is 1.73. The number of rotatable bonds is 4. The molecule has 1 aliphatic rings. The minimum Gasteiger partial charge on any atom is -0.354 e. The molecule has 1 saturated heterocycles. The van der Waals surface area contributed by atoms with Gasteiger partial charge in [0.2, 0.25) is 0 Å². The van der Waals surface area contributed by atoms with Crippen LogP contribution in [0.3, 0.4) is 0 Å². The first-order valence-electron chi connectivity index (χ1n) is 8.78. The smallest absolute Gasteiger partial charge is 0.269 e. The summed E-state index contributed by atoms with van der Waals surface area (Å²) in [6, 6.07) is 10.3. The van der Waals surface area contributed by atoms with Crippen LogP contribution in [0, 0.1) is 10.1 Å². The first kappa shape index (κ1) is 18.4. The van der Waals surface area contributed by atoms with Crippen molar-refractivity contribution in [2.45, 2.75) is 4.90 Å². The van der Waals surface area contributed by atoms with E-state index in [4.69, 9.17) is 0 Å². The first-order valence-corrected chi connectivity index (χ1v) is 10.2. The zero-order valence-corrected chi connectivity index (χ0v) is 16.0. The fraction of sp³-hybridized carbons (Fsp3) is 0.278. The van der Waals surface area contributed by atoms with E-state index in [1.165, 1.54) is 30.5 Å². The molecular formula is C18H19N5O4S. The molecule has 0 spiro atoms. The van der Waals surface area contributed by atoms with E-state index in [0.29, 0.717) is 11.0 Å². The number of nitrogens with zero attached hydrogens (tertiary/aromatic N) is 5. The summed E-state index contributed by atoms with van der Waals surface area (Å²) in [6.45, 7) is 3.49. The van der Waals surface area contributed by atoms with Gasteiger partial charge in [0.25, 0.3) is 15.7 Å². The summed E-state index contributed by atoms with van der Waals surface area (Å²) in [4.78, 5) is 19.2. The molecule has 3 heterocycles. The number of hydrogen-bond donors (Lipinski definition) is 0. The number of anilines is 1. The predicted molar refractivity (Wildman–Crippen MR) is 105 cm³/mol. The minimum absolute atomic E-state index is 0.0256. The summed E-state index contributed by atoms with van der Waals surface area (Å²) in [5, 5.41) is 11.5. The highest BCUT2D eigenvalue weighted by Gasteiger charge is 2.22. The van der Waals surface area contributed by atoms with E-state index in [2.05, 4.69) is 21.8 Å². The molecule has 9 nitrogen and oxygen atoms in total. The first-order chi connectivity index (χ1) is 13.4. The number of fused-ring (bicyclic) bond motifs is 1. The number of benzene rings is 1. The molecular weight excluding hydrogens is 382 g/mol. The Labute approximate surface area is 162 Å². The van der Waals surface area contributed by atoms with Gasteiger partial charge in [-0.25, -0.2) is 17.4 Å². The maximum absolute atomic E-state index is 13.1. The lowest BCUT2D eigenvalue weighted by Crippen LogP contribution is -2.44. The van der Waals surface area contributed by atoms with Crippen molar-refractivity contribution in [2.24, 2.45) is 0 Å². The summed E-state index contributed by atoms with van der Waals surface area (Å²) < 4.78 is 27.2. The topological polar surface area (TPSA) is 102 Å². The number of hydrogen-bond acceptors (Lipinski definition) is 7. The van der Waals surface area contributed by atoms with Crippen LogP contribution < -0.4 is 4.90 Å². The SMILES string of the molecule is CN1CCN(c2ccc3ccn(S(=O)(=O)c4ccc([N+](=O)[O-])cc4)c3n2)CC1. The van der Waals surface area contributed by atoms with Crippen LogP contribution in [0.4, 0.5) is 11.5 Å². The Bertz CT molecular complexity index is 1130. The molecule has 0 N–H and O–H groups in total. The van der Waals surface area contributed by atoms with E-state index in [-0.39, 0.29) is 10.6 Å². The van der Waals surface area contributed by atoms with Gasteiger partial charge in [0.05, 0.1) is 9.82 Å². The number of nitro benzene ring substituents is 1. The molecule has 0 amide bonds. The maximum Gasteiger partial charge on any atom is 0.269 e. The standard InChI is InChI=1S/C18H19N5O4S/c1-20-10-12-21(13-11-20)17-7-2-14-8-9-22(18(14)19-17)28(26,27)16-5-3-15(4-6-16)23(24)25/h2-9H,10-13H2,1H3. The highest BCUT2D eigenvalue weighted by molar-refractivity contribution is 7.90. The summed E-state index contributed by atoms with van der Waals surface area (Å²) in [5.74, 6) is 0.736. The fourth-order valence-corrected chi connectivity index (χ4v) is 4.54. The molecule has 0 saturated carbocycles. The molecule has 146 valence electrons. The second kappa shape index (κ2) is 6.88. The number of non-ortho nitro benzene ring substituents is 1. The Morgan fingerprint density at radius 2 is 1.68 bits per heavy atom. The third kappa shape index (κ3) is 3.20. The molecule has 0 unspecified atom stereocenters. The van der Waals surface area contributed by atoms with E-state index in [1.807, 2.05) is 12.1 Å². The Morgan fingerprint density at radius 3 is 2.32 bits per heavy atom. The number of pyridine rings is 1. The van der Waals surface area contributed by atoms with Gasteiger partial charge in [-0.2, -0.15) is 0 Å². The van der Waals surface area contributed by atoms with E-state index >= 15 is 0 Å². The number of likely N-dealkylation sites (N-methyl/N-ethyl adjacent to an activating group) is 1. The number of nitro groups is 1. The largest absolute Gasteiger partial charge is 0.354 e. The van der Waals surface area contributed by atoms with Gasteiger partial charge >= 0.3 is 0 Å². The van der Waals surface area contributed by atoms with Gasteiger partial charge in [0.1, 0.15) is 5.82 Å². The van der Waals surface area contributed by atoms with Crippen LogP contribution in [-0.4, -0.2) is 60.4 Å². The van der Waals surface area contributed by atoms with Crippen LogP contribution in [0.25, 0.3) is 11.0 Å². The van der Waals surface area contributed by atoms with Crippen molar-refractivity contribution >= 4 is 32.6 Å². The van der Waals surface area contributed by atoms with Crippen LogP contribution in [0.15, 0.2) is 53.6 Å². The van der Waals surface area contributed by atoms with E-state index in [9.17, 15) is 18.5 Å². The van der Waals surface area contributed by atoms with Crippen molar-refractivity contribution in [1.82, 2.24) is 13.9 Å². The van der Waals surface area contributed by atoms with Crippen LogP contribution in [0.5, 0.6) is 0 Å². The van der Waals surface area contributed by atoms with Gasteiger partial charge in [-0.3, -0.25) is 10.1 Å². The molecule has 2 aromatic heterocycles. The molecule has 10 heteroatoms. The third-order valence-electron chi connectivity index (χ3n) is 4.92. The van der Waals surface area contributed by atoms with Crippen molar-refractivity contribution in [3.63, 3.8) is 0 Å². The van der Waals surface area contributed by atoms with Crippen molar-refractivity contribution in [2.75, 3.05) is 38.1 Å². The zero-order valence-electron chi connectivity index (χ0n) is 15.2. The number of piperazine rings is 1. The average Bonchev–Trinajstić information content (AvgIpc) is 3.12. The molecule has 0 atom stereocenters. The van der Waals surface area contributed by atoms with Crippen molar-refractivity contribution in [3.8, 4) is 0 Å². The van der Waals surface area contributed by atoms with Gasteiger partial charge < -0.3 is 9.80 Å². The molecule has 1 aromatic carbocycles. The second-order valence-corrected chi connectivity index (χ2v) is 8.56. The summed E-state index contributed by atoms with van der Waals surface area (Å²) in [6.07, 6.45) is 1.46. The van der Waals surface area contributed by atoms with Gasteiger partial charge in [0.15, 0.2) is 5.65 Å². The second-order valence-electron chi connectivity index (χ2n) is 6.74. The Kier molecular flexibility index (Phi) is 4.52. The molecule has 0 bridgehead atoms. The van der Waals surface area contributed by atoms with E-state index in [1.54, 1.807) is 6.07 Å². The van der Waals surface area contributed by atoms with Crippen LogP contribution in [0.2, 0.25) is 0 Å². The van der Waals surface area contributed by atoms with Crippen LogP contribution in [0.1, 0.15) is 0 Å². The molecule has 28 heavy (non-hydrogen) atoms. The summed E-state index contributed by atoms with van der Waals surface area (Å²) >= 11 is 0. The maximum atomic E-state index is 13.1. The molecule has 0 aliphatic carbocycles. The van der Waals surface area contributed by atoms with Crippen molar-refractivity contribution in [3.05, 3.63) is 58.8 Å². The minimum atomic E-state index is -3.92. The zero-order chi connectivity index (χ0) is 19.9. The molecule has 4 rings (SSSR count). The highest BCUT2D eigenvalue weighted by atomic mass is 32.2. The summed E-state index contributed by atoms with van der Waals surface area (Å²) in [5.41, 5.74) is 0.182. The van der Waals surface area contributed by atoms with Crippen LogP contribution >= 0.6 is 0 Å². The van der Waals surface area contributed by atoms with E-state index < -0.39 is 14.9 Å². The quantitative estimate of drug-likeness (QED) is 0.486. The summed E-state index contributed by atoms with van der Waals surface area (Å²) in [7, 11) is -1.85. The number of aromatic nitrogens is 2. The van der Waals surface area contributed by atoms with Gasteiger partial charge in [-0.05, 0) is 37.4 Å². The lowest BCUT2D eigenvalue weighted by Gasteiger charge is -2.33.